The van der Waals surface area contributed by atoms with E-state index in [4.69, 9.17) is 5.11 Å². The first kappa shape index (κ1) is 11.9. The summed E-state index contributed by atoms with van der Waals surface area (Å²) in [4.78, 5) is 4.00. The summed E-state index contributed by atoms with van der Waals surface area (Å²) in [5.41, 5.74) is 1.15. The van der Waals surface area contributed by atoms with Crippen molar-refractivity contribution >= 4 is 21.6 Å². The van der Waals surface area contributed by atoms with E-state index in [2.05, 4.69) is 26.2 Å². The normalized spacial score (nSPS) is 10.2. The van der Waals surface area contributed by atoms with E-state index in [1.165, 1.54) is 12.3 Å². The Labute approximate surface area is 106 Å². The highest BCUT2D eigenvalue weighted by atomic mass is 79.9. The molecule has 2 N–H and O–H groups in total. The molecule has 0 aliphatic carbocycles. The molecule has 1 aromatic carbocycles. The zero-order valence-corrected chi connectivity index (χ0v) is 10.4. The average molecular weight is 297 g/mol. The number of rotatable bonds is 3. The second-order valence-corrected chi connectivity index (χ2v) is 4.40. The molecule has 0 unspecified atom stereocenters. The zero-order valence-electron chi connectivity index (χ0n) is 8.82. The Balaban J connectivity index is 2.04. The first-order valence-electron chi connectivity index (χ1n) is 4.98. The van der Waals surface area contributed by atoms with Gasteiger partial charge in [-0.05, 0) is 30.3 Å². The number of benzene rings is 1. The van der Waals surface area contributed by atoms with Gasteiger partial charge in [-0.15, -0.1) is 0 Å². The number of anilines is 1. The Bertz CT molecular complexity index is 516. The van der Waals surface area contributed by atoms with Crippen LogP contribution in [-0.4, -0.2) is 10.1 Å². The van der Waals surface area contributed by atoms with Crippen LogP contribution in [0.2, 0.25) is 0 Å². The topological polar surface area (TPSA) is 45.1 Å². The van der Waals surface area contributed by atoms with E-state index in [0.717, 1.165) is 5.69 Å². The largest absolute Gasteiger partial charge is 0.506 e. The summed E-state index contributed by atoms with van der Waals surface area (Å²) in [6.07, 6.45) is 1.36. The fourth-order valence-electron chi connectivity index (χ4n) is 1.34. The molecular formula is C12H10BrFN2O. The summed E-state index contributed by atoms with van der Waals surface area (Å²) >= 11 is 3.19. The van der Waals surface area contributed by atoms with Gasteiger partial charge in [0.1, 0.15) is 11.6 Å². The van der Waals surface area contributed by atoms with Crippen molar-refractivity contribution in [1.82, 2.24) is 4.98 Å². The Morgan fingerprint density at radius 3 is 2.76 bits per heavy atom. The second-order valence-electron chi connectivity index (χ2n) is 3.49. The number of hydrogen-bond donors (Lipinski definition) is 2. The lowest BCUT2D eigenvalue weighted by molar-refractivity contribution is 0.472. The molecular weight excluding hydrogens is 287 g/mol. The van der Waals surface area contributed by atoms with Gasteiger partial charge in [0.2, 0.25) is 0 Å². The summed E-state index contributed by atoms with van der Waals surface area (Å²) in [5.74, 6) is -0.207. The third kappa shape index (κ3) is 3.17. The van der Waals surface area contributed by atoms with Crippen LogP contribution in [0.5, 0.6) is 5.75 Å². The van der Waals surface area contributed by atoms with Gasteiger partial charge in [0.25, 0.3) is 0 Å². The molecule has 0 saturated carbocycles. The van der Waals surface area contributed by atoms with Crippen molar-refractivity contribution in [1.29, 1.82) is 0 Å². The minimum Gasteiger partial charge on any atom is -0.506 e. The van der Waals surface area contributed by atoms with Gasteiger partial charge in [0.15, 0.2) is 0 Å². The number of aromatic hydroxyl groups is 1. The van der Waals surface area contributed by atoms with Gasteiger partial charge in [0.05, 0.1) is 24.1 Å². The molecule has 3 nitrogen and oxygen atoms in total. The van der Waals surface area contributed by atoms with Gasteiger partial charge in [-0.25, -0.2) is 4.39 Å². The molecule has 2 rings (SSSR count). The molecule has 0 aliphatic heterocycles. The van der Waals surface area contributed by atoms with Gasteiger partial charge in [0, 0.05) is 4.47 Å². The van der Waals surface area contributed by atoms with E-state index in [9.17, 15) is 4.39 Å². The highest BCUT2D eigenvalue weighted by Crippen LogP contribution is 2.19. The lowest BCUT2D eigenvalue weighted by atomic mass is 10.3. The molecule has 17 heavy (non-hydrogen) atoms. The summed E-state index contributed by atoms with van der Waals surface area (Å²) < 4.78 is 14.2. The first-order valence-corrected chi connectivity index (χ1v) is 5.77. The Kier molecular flexibility index (Phi) is 3.58. The first-order chi connectivity index (χ1) is 8.15. The van der Waals surface area contributed by atoms with Gasteiger partial charge in [-0.1, -0.05) is 15.9 Å². The SMILES string of the molecule is Oc1ccc(CNc2ccc(Br)cc2F)nc1. The van der Waals surface area contributed by atoms with Crippen molar-refractivity contribution < 1.29 is 9.50 Å². The summed E-state index contributed by atoms with van der Waals surface area (Å²) in [5, 5.41) is 12.0. The standard InChI is InChI=1S/C12H10BrFN2O/c13-8-1-4-12(11(14)5-8)16-6-9-2-3-10(17)7-15-9/h1-5,7,16-17H,6H2. The Hall–Kier alpha value is -1.62. The van der Waals surface area contributed by atoms with Crippen molar-refractivity contribution in [2.75, 3.05) is 5.32 Å². The number of halogens is 2. The molecule has 0 saturated heterocycles. The van der Waals surface area contributed by atoms with Crippen LogP contribution in [-0.2, 0) is 6.54 Å². The number of pyridine rings is 1. The van der Waals surface area contributed by atoms with Crippen LogP contribution in [0.15, 0.2) is 41.0 Å². The molecule has 0 atom stereocenters. The maximum atomic E-state index is 13.5. The van der Waals surface area contributed by atoms with E-state index in [-0.39, 0.29) is 11.6 Å². The van der Waals surface area contributed by atoms with Crippen molar-refractivity contribution in [2.24, 2.45) is 0 Å². The van der Waals surface area contributed by atoms with Gasteiger partial charge < -0.3 is 10.4 Å². The maximum absolute atomic E-state index is 13.5. The summed E-state index contributed by atoms with van der Waals surface area (Å²) in [6, 6.07) is 8.03. The molecule has 2 aromatic rings. The lowest BCUT2D eigenvalue weighted by Crippen LogP contribution is -2.02. The fraction of sp³-hybridized carbons (Fsp3) is 0.0833. The molecule has 5 heteroatoms. The van der Waals surface area contributed by atoms with E-state index in [1.54, 1.807) is 24.3 Å². The van der Waals surface area contributed by atoms with Crippen LogP contribution in [0.1, 0.15) is 5.69 Å². The number of nitrogens with zero attached hydrogens (tertiary/aromatic N) is 1. The van der Waals surface area contributed by atoms with Crippen LogP contribution in [0.4, 0.5) is 10.1 Å². The molecule has 1 heterocycles. The van der Waals surface area contributed by atoms with Crippen LogP contribution in [0.25, 0.3) is 0 Å². The van der Waals surface area contributed by atoms with Crippen molar-refractivity contribution in [2.45, 2.75) is 6.54 Å². The van der Waals surface area contributed by atoms with Crippen molar-refractivity contribution in [3.8, 4) is 5.75 Å². The fourth-order valence-corrected chi connectivity index (χ4v) is 1.67. The monoisotopic (exact) mass is 296 g/mol. The smallest absolute Gasteiger partial charge is 0.147 e. The lowest BCUT2D eigenvalue weighted by Gasteiger charge is -2.07. The molecule has 0 amide bonds. The minimum absolute atomic E-state index is 0.114. The maximum Gasteiger partial charge on any atom is 0.147 e. The van der Waals surface area contributed by atoms with Crippen LogP contribution in [0.3, 0.4) is 0 Å². The average Bonchev–Trinajstić information content (AvgIpc) is 2.30. The van der Waals surface area contributed by atoms with Crippen molar-refractivity contribution in [3.05, 3.63) is 52.5 Å². The minimum atomic E-state index is -0.321. The summed E-state index contributed by atoms with van der Waals surface area (Å²) in [6.45, 7) is 0.402. The van der Waals surface area contributed by atoms with Crippen molar-refractivity contribution in [3.63, 3.8) is 0 Å². The highest BCUT2D eigenvalue weighted by molar-refractivity contribution is 9.10. The molecule has 0 spiro atoms. The number of hydrogen-bond acceptors (Lipinski definition) is 3. The zero-order chi connectivity index (χ0) is 12.3. The van der Waals surface area contributed by atoms with Crippen LogP contribution >= 0.6 is 15.9 Å². The quantitative estimate of drug-likeness (QED) is 0.913. The van der Waals surface area contributed by atoms with Crippen LogP contribution < -0.4 is 5.32 Å². The predicted octanol–water partition coefficient (Wildman–Crippen LogP) is 3.30. The van der Waals surface area contributed by atoms with Gasteiger partial charge in [-0.2, -0.15) is 0 Å². The second kappa shape index (κ2) is 5.14. The van der Waals surface area contributed by atoms with Gasteiger partial charge in [-0.3, -0.25) is 4.98 Å². The Morgan fingerprint density at radius 1 is 1.29 bits per heavy atom. The molecule has 1 aromatic heterocycles. The molecule has 88 valence electrons. The molecule has 0 bridgehead atoms. The number of aromatic nitrogens is 1. The van der Waals surface area contributed by atoms with E-state index < -0.39 is 0 Å². The molecule has 0 radical (unpaired) electrons. The van der Waals surface area contributed by atoms with E-state index in [0.29, 0.717) is 16.7 Å². The molecule has 0 aliphatic rings. The van der Waals surface area contributed by atoms with Crippen LogP contribution in [0, 0.1) is 5.82 Å². The van der Waals surface area contributed by atoms with E-state index in [1.807, 2.05) is 0 Å². The van der Waals surface area contributed by atoms with E-state index >= 15 is 0 Å². The number of nitrogens with one attached hydrogen (secondary N) is 1. The molecule has 0 fully saturated rings. The predicted molar refractivity (Wildman–Crippen MR) is 67.3 cm³/mol. The van der Waals surface area contributed by atoms with Gasteiger partial charge >= 0.3 is 0 Å². The summed E-state index contributed by atoms with van der Waals surface area (Å²) in [7, 11) is 0. The Morgan fingerprint density at radius 2 is 2.12 bits per heavy atom. The third-order valence-electron chi connectivity index (χ3n) is 2.20. The highest BCUT2D eigenvalue weighted by Gasteiger charge is 2.02. The third-order valence-corrected chi connectivity index (χ3v) is 2.69.